The summed E-state index contributed by atoms with van der Waals surface area (Å²) >= 11 is 3.12. The summed E-state index contributed by atoms with van der Waals surface area (Å²) < 4.78 is 45.9. The zero-order valence-electron chi connectivity index (χ0n) is 16.8. The predicted molar refractivity (Wildman–Crippen MR) is 112 cm³/mol. The Morgan fingerprint density at radius 1 is 1.25 bits per heavy atom. The SMILES string of the molecule is CCC(C(=O)O)c1ccc(-c2noc(-c3cn4cc(C(F)(F)F)cc(Br)c4n3)n2)c(C)c1. The van der Waals surface area contributed by atoms with Crippen molar-refractivity contribution in [2.75, 3.05) is 0 Å². The van der Waals surface area contributed by atoms with Gasteiger partial charge >= 0.3 is 12.1 Å². The molecule has 0 saturated heterocycles. The van der Waals surface area contributed by atoms with Crippen molar-refractivity contribution in [2.24, 2.45) is 0 Å². The maximum absolute atomic E-state index is 13.1. The van der Waals surface area contributed by atoms with Gasteiger partial charge in [-0.15, -0.1) is 0 Å². The number of halogens is 4. The van der Waals surface area contributed by atoms with Crippen LogP contribution in [0.3, 0.4) is 0 Å². The van der Waals surface area contributed by atoms with Crippen LogP contribution in [0.15, 0.2) is 45.7 Å². The minimum absolute atomic E-state index is 0.0459. The number of carboxylic acid groups (broad SMARTS) is 1. The van der Waals surface area contributed by atoms with E-state index in [2.05, 4.69) is 31.1 Å². The van der Waals surface area contributed by atoms with Gasteiger partial charge in [-0.05, 0) is 46.5 Å². The highest BCUT2D eigenvalue weighted by molar-refractivity contribution is 9.10. The van der Waals surface area contributed by atoms with Crippen molar-refractivity contribution < 1.29 is 27.6 Å². The number of hydrogen-bond acceptors (Lipinski definition) is 5. The third-order valence-electron chi connectivity index (χ3n) is 5.08. The van der Waals surface area contributed by atoms with Crippen LogP contribution in [0.2, 0.25) is 0 Å². The minimum atomic E-state index is -4.50. The van der Waals surface area contributed by atoms with Crippen molar-refractivity contribution in [1.82, 2.24) is 19.5 Å². The number of carbonyl (C=O) groups is 1. The van der Waals surface area contributed by atoms with Gasteiger partial charge in [-0.2, -0.15) is 18.2 Å². The van der Waals surface area contributed by atoms with E-state index in [1.807, 2.05) is 6.92 Å². The normalized spacial score (nSPS) is 12.9. The number of carboxylic acids is 1. The molecule has 1 atom stereocenters. The molecular formula is C21H16BrF3N4O3. The molecule has 32 heavy (non-hydrogen) atoms. The van der Waals surface area contributed by atoms with E-state index in [1.54, 1.807) is 25.1 Å². The molecule has 0 saturated carbocycles. The van der Waals surface area contributed by atoms with Crippen molar-refractivity contribution in [2.45, 2.75) is 32.4 Å². The van der Waals surface area contributed by atoms with Crippen molar-refractivity contribution in [1.29, 1.82) is 0 Å². The first-order valence-corrected chi connectivity index (χ1v) is 10.3. The molecule has 1 aromatic carbocycles. The Bertz CT molecular complexity index is 1330. The number of hydrogen-bond donors (Lipinski definition) is 1. The van der Waals surface area contributed by atoms with Gasteiger partial charge in [-0.1, -0.05) is 30.3 Å². The number of alkyl halides is 3. The fraction of sp³-hybridized carbons (Fsp3) is 0.238. The number of aromatic nitrogens is 4. The summed E-state index contributed by atoms with van der Waals surface area (Å²) in [6.07, 6.45) is -1.73. The lowest BCUT2D eigenvalue weighted by Gasteiger charge is -2.12. The minimum Gasteiger partial charge on any atom is -0.481 e. The highest BCUT2D eigenvalue weighted by Crippen LogP contribution is 2.34. The molecule has 4 aromatic rings. The van der Waals surface area contributed by atoms with Crippen LogP contribution in [0, 0.1) is 6.92 Å². The van der Waals surface area contributed by atoms with Gasteiger partial charge in [0.1, 0.15) is 5.69 Å². The molecule has 7 nitrogen and oxygen atoms in total. The lowest BCUT2D eigenvalue weighted by molar-refractivity contribution is -0.139. The topological polar surface area (TPSA) is 93.5 Å². The zero-order valence-corrected chi connectivity index (χ0v) is 18.4. The summed E-state index contributed by atoms with van der Waals surface area (Å²) in [4.78, 5) is 20.0. The summed E-state index contributed by atoms with van der Waals surface area (Å²) in [5, 5.41) is 13.3. The summed E-state index contributed by atoms with van der Waals surface area (Å²) in [7, 11) is 0. The Balaban J connectivity index is 1.69. The van der Waals surface area contributed by atoms with Crippen LogP contribution in [0.25, 0.3) is 28.6 Å². The number of pyridine rings is 1. The lowest BCUT2D eigenvalue weighted by atomic mass is 9.93. The first-order valence-electron chi connectivity index (χ1n) is 9.51. The van der Waals surface area contributed by atoms with Crippen molar-refractivity contribution in [3.63, 3.8) is 0 Å². The Morgan fingerprint density at radius 2 is 2.00 bits per heavy atom. The molecule has 1 N–H and O–H groups in total. The first-order chi connectivity index (χ1) is 15.1. The molecule has 11 heteroatoms. The molecule has 1 unspecified atom stereocenters. The third-order valence-corrected chi connectivity index (χ3v) is 5.66. The standard InChI is InChI=1S/C21H16BrF3N4O3/c1-3-13(20(30)31)11-4-5-14(10(2)6-11)17-27-19(32-28-17)16-9-29-8-12(21(23,24)25)7-15(22)18(29)26-16/h4-9,13H,3H2,1-2H3,(H,30,31). The van der Waals surface area contributed by atoms with Gasteiger partial charge in [0, 0.05) is 18.0 Å². The van der Waals surface area contributed by atoms with Crippen molar-refractivity contribution >= 4 is 27.5 Å². The Hall–Kier alpha value is -3.21. The smallest absolute Gasteiger partial charge is 0.417 e. The lowest BCUT2D eigenvalue weighted by Crippen LogP contribution is -2.10. The van der Waals surface area contributed by atoms with Crippen LogP contribution in [0.4, 0.5) is 13.2 Å². The summed E-state index contributed by atoms with van der Waals surface area (Å²) in [5.41, 5.74) is 1.75. The second-order valence-corrected chi connectivity index (χ2v) is 8.08. The number of aliphatic carboxylic acids is 1. The van der Waals surface area contributed by atoms with E-state index in [1.165, 1.54) is 10.6 Å². The molecule has 4 rings (SSSR count). The first kappa shape index (κ1) is 22.0. The van der Waals surface area contributed by atoms with E-state index in [0.29, 0.717) is 17.5 Å². The average Bonchev–Trinajstić information content (AvgIpc) is 3.35. The van der Waals surface area contributed by atoms with Crippen LogP contribution in [-0.2, 0) is 11.0 Å². The number of benzene rings is 1. The van der Waals surface area contributed by atoms with Gasteiger partial charge in [-0.25, -0.2) is 4.98 Å². The van der Waals surface area contributed by atoms with Gasteiger partial charge in [0.15, 0.2) is 5.65 Å². The number of rotatable bonds is 5. The number of aryl methyl sites for hydroxylation is 1. The zero-order chi connectivity index (χ0) is 23.2. The van der Waals surface area contributed by atoms with Crippen LogP contribution < -0.4 is 0 Å². The van der Waals surface area contributed by atoms with Crippen LogP contribution in [-0.4, -0.2) is 30.6 Å². The van der Waals surface area contributed by atoms with Gasteiger partial charge in [0.05, 0.1) is 16.0 Å². The molecule has 3 aromatic heterocycles. The van der Waals surface area contributed by atoms with Gasteiger partial charge in [-0.3, -0.25) is 4.79 Å². The molecule has 0 spiro atoms. The fourth-order valence-corrected chi connectivity index (χ4v) is 4.00. The number of fused-ring (bicyclic) bond motifs is 1. The molecule has 0 aliphatic heterocycles. The maximum Gasteiger partial charge on any atom is 0.417 e. The van der Waals surface area contributed by atoms with Crippen LogP contribution in [0.5, 0.6) is 0 Å². The van der Waals surface area contributed by atoms with Crippen LogP contribution in [0.1, 0.15) is 36.0 Å². The van der Waals surface area contributed by atoms with E-state index in [-0.39, 0.29) is 27.5 Å². The van der Waals surface area contributed by atoms with Crippen molar-refractivity contribution in [3.05, 3.63) is 57.8 Å². The Kier molecular flexibility index (Phi) is 5.53. The summed E-state index contributed by atoms with van der Waals surface area (Å²) in [6.45, 7) is 3.61. The summed E-state index contributed by atoms with van der Waals surface area (Å²) in [5.74, 6) is -1.20. The van der Waals surface area contributed by atoms with Gasteiger partial charge in [0.25, 0.3) is 5.89 Å². The molecular weight excluding hydrogens is 493 g/mol. The number of nitrogens with zero attached hydrogens (tertiary/aromatic N) is 4. The molecule has 0 bridgehead atoms. The highest BCUT2D eigenvalue weighted by atomic mass is 79.9. The van der Waals surface area contributed by atoms with E-state index < -0.39 is 23.6 Å². The number of imidazole rings is 1. The van der Waals surface area contributed by atoms with Crippen molar-refractivity contribution in [3.8, 4) is 23.0 Å². The molecule has 0 radical (unpaired) electrons. The van der Waals surface area contributed by atoms with Crippen LogP contribution >= 0.6 is 15.9 Å². The molecule has 0 fully saturated rings. The molecule has 0 aliphatic carbocycles. The molecule has 166 valence electrons. The second kappa shape index (κ2) is 8.05. The molecule has 3 heterocycles. The Labute approximate surface area is 188 Å². The van der Waals surface area contributed by atoms with Gasteiger partial charge in [0.2, 0.25) is 5.82 Å². The van der Waals surface area contributed by atoms with E-state index >= 15 is 0 Å². The molecule has 0 aliphatic rings. The quantitative estimate of drug-likeness (QED) is 0.370. The monoisotopic (exact) mass is 508 g/mol. The third kappa shape index (κ3) is 3.99. The summed E-state index contributed by atoms with van der Waals surface area (Å²) in [6, 6.07) is 6.16. The Morgan fingerprint density at radius 3 is 2.62 bits per heavy atom. The second-order valence-electron chi connectivity index (χ2n) is 7.23. The fourth-order valence-electron chi connectivity index (χ4n) is 3.46. The molecule has 0 amide bonds. The largest absolute Gasteiger partial charge is 0.481 e. The maximum atomic E-state index is 13.1. The van der Waals surface area contributed by atoms with E-state index in [0.717, 1.165) is 17.8 Å². The highest BCUT2D eigenvalue weighted by Gasteiger charge is 2.32. The van der Waals surface area contributed by atoms with E-state index in [9.17, 15) is 23.1 Å². The average molecular weight is 509 g/mol. The van der Waals surface area contributed by atoms with Gasteiger partial charge < -0.3 is 14.0 Å². The van der Waals surface area contributed by atoms with E-state index in [4.69, 9.17) is 4.52 Å². The predicted octanol–water partition coefficient (Wildman–Crippen LogP) is 5.72.